The molecule has 0 spiro atoms. The van der Waals surface area contributed by atoms with Crippen molar-refractivity contribution in [3.63, 3.8) is 0 Å². The van der Waals surface area contributed by atoms with Crippen molar-refractivity contribution in [1.82, 2.24) is 14.5 Å². The fourth-order valence-corrected chi connectivity index (χ4v) is 2.68. The molecule has 2 aromatic rings. The smallest absolute Gasteiger partial charge is 0.223 e. The molecule has 0 bridgehead atoms. The number of imidazole rings is 1. The Labute approximate surface area is 119 Å². The highest BCUT2D eigenvalue weighted by Gasteiger charge is 2.20. The van der Waals surface area contributed by atoms with Crippen molar-refractivity contribution >= 4 is 5.91 Å². The maximum atomic E-state index is 12.3. The molecule has 4 heteroatoms. The summed E-state index contributed by atoms with van der Waals surface area (Å²) in [7, 11) is 0. The maximum Gasteiger partial charge on any atom is 0.223 e. The van der Waals surface area contributed by atoms with Gasteiger partial charge in [0.1, 0.15) is 5.82 Å². The van der Waals surface area contributed by atoms with E-state index in [0.717, 1.165) is 25.3 Å². The molecule has 3 rings (SSSR count). The van der Waals surface area contributed by atoms with Crippen LogP contribution in [0.3, 0.4) is 0 Å². The number of hydrogen-bond acceptors (Lipinski definition) is 2. The first kappa shape index (κ1) is 12.9. The first-order valence-electron chi connectivity index (χ1n) is 7.06. The molecule has 0 N–H and O–H groups in total. The maximum absolute atomic E-state index is 12.3. The van der Waals surface area contributed by atoms with Crippen molar-refractivity contribution in [2.75, 3.05) is 6.54 Å². The van der Waals surface area contributed by atoms with E-state index in [4.69, 9.17) is 0 Å². The number of nitrogens with zero attached hydrogens (tertiary/aromatic N) is 3. The summed E-state index contributed by atoms with van der Waals surface area (Å²) in [6, 6.07) is 8.26. The van der Waals surface area contributed by atoms with E-state index >= 15 is 0 Å². The van der Waals surface area contributed by atoms with E-state index in [9.17, 15) is 4.79 Å². The van der Waals surface area contributed by atoms with Crippen molar-refractivity contribution in [2.45, 2.75) is 32.9 Å². The second-order valence-electron chi connectivity index (χ2n) is 5.28. The Kier molecular flexibility index (Phi) is 3.54. The molecule has 0 saturated carbocycles. The number of carbonyl (C=O) groups is 1. The molecule has 2 heterocycles. The highest BCUT2D eigenvalue weighted by Crippen LogP contribution is 2.14. The lowest BCUT2D eigenvalue weighted by molar-refractivity contribution is -0.132. The lowest BCUT2D eigenvalue weighted by Crippen LogP contribution is -2.38. The van der Waals surface area contributed by atoms with Crippen LogP contribution in [-0.4, -0.2) is 26.9 Å². The fraction of sp³-hybridized carbons (Fsp3) is 0.375. The summed E-state index contributed by atoms with van der Waals surface area (Å²) in [5, 5.41) is 0. The molecule has 0 saturated heterocycles. The Morgan fingerprint density at radius 2 is 2.15 bits per heavy atom. The molecule has 0 aliphatic carbocycles. The molecule has 4 nitrogen and oxygen atoms in total. The van der Waals surface area contributed by atoms with Crippen molar-refractivity contribution in [1.29, 1.82) is 0 Å². The zero-order valence-electron chi connectivity index (χ0n) is 11.7. The third-order valence-electron chi connectivity index (χ3n) is 3.97. The average molecular weight is 269 g/mol. The molecule has 0 radical (unpaired) electrons. The van der Waals surface area contributed by atoms with E-state index in [1.807, 2.05) is 23.2 Å². The van der Waals surface area contributed by atoms with Gasteiger partial charge in [-0.3, -0.25) is 4.79 Å². The zero-order valence-corrected chi connectivity index (χ0v) is 11.7. The molecule has 0 atom stereocenters. The minimum atomic E-state index is 0.225. The number of amides is 1. The van der Waals surface area contributed by atoms with E-state index in [-0.39, 0.29) is 5.91 Å². The van der Waals surface area contributed by atoms with Crippen LogP contribution < -0.4 is 0 Å². The van der Waals surface area contributed by atoms with Gasteiger partial charge in [0.05, 0.1) is 6.54 Å². The highest BCUT2D eigenvalue weighted by atomic mass is 16.2. The van der Waals surface area contributed by atoms with Crippen LogP contribution in [0.5, 0.6) is 0 Å². The number of aryl methyl sites for hydroxylation is 2. The van der Waals surface area contributed by atoms with Crippen molar-refractivity contribution in [2.24, 2.45) is 0 Å². The molecule has 1 aliphatic rings. The minimum Gasteiger partial charge on any atom is -0.333 e. The van der Waals surface area contributed by atoms with Gasteiger partial charge in [0.15, 0.2) is 0 Å². The average Bonchev–Trinajstić information content (AvgIpc) is 2.93. The SMILES string of the molecule is Cc1ccccc1CCC(=O)N1CCn2ccnc2C1. The van der Waals surface area contributed by atoms with Gasteiger partial charge >= 0.3 is 0 Å². The highest BCUT2D eigenvalue weighted by molar-refractivity contribution is 5.76. The Hall–Kier alpha value is -2.10. The Bertz CT molecular complexity index is 618. The van der Waals surface area contributed by atoms with Gasteiger partial charge in [0, 0.05) is 31.9 Å². The van der Waals surface area contributed by atoms with E-state index in [0.29, 0.717) is 13.0 Å². The van der Waals surface area contributed by atoms with Gasteiger partial charge in [-0.2, -0.15) is 0 Å². The van der Waals surface area contributed by atoms with E-state index in [1.54, 1.807) is 6.20 Å². The normalized spacial score (nSPS) is 14.2. The van der Waals surface area contributed by atoms with Crippen LogP contribution in [0.15, 0.2) is 36.7 Å². The monoisotopic (exact) mass is 269 g/mol. The quantitative estimate of drug-likeness (QED) is 0.856. The number of fused-ring (bicyclic) bond motifs is 1. The van der Waals surface area contributed by atoms with Crippen LogP contribution in [0, 0.1) is 6.92 Å². The van der Waals surface area contributed by atoms with Gasteiger partial charge in [-0.1, -0.05) is 24.3 Å². The molecule has 1 amide bonds. The molecule has 0 unspecified atom stereocenters. The number of benzene rings is 1. The van der Waals surface area contributed by atoms with Gasteiger partial charge in [0.2, 0.25) is 5.91 Å². The van der Waals surface area contributed by atoms with E-state index in [2.05, 4.69) is 28.6 Å². The molecular formula is C16H19N3O. The molecule has 1 aromatic heterocycles. The first-order chi connectivity index (χ1) is 9.74. The minimum absolute atomic E-state index is 0.225. The van der Waals surface area contributed by atoms with Crippen molar-refractivity contribution in [3.05, 3.63) is 53.6 Å². The standard InChI is InChI=1S/C16H19N3O/c1-13-4-2-3-5-14(13)6-7-16(20)19-11-10-18-9-8-17-15(18)12-19/h2-5,8-9H,6-7,10-12H2,1H3. The summed E-state index contributed by atoms with van der Waals surface area (Å²) in [5.74, 6) is 1.21. The molecule has 104 valence electrons. The molecule has 20 heavy (non-hydrogen) atoms. The number of rotatable bonds is 3. The van der Waals surface area contributed by atoms with Crippen LogP contribution in [0.1, 0.15) is 23.4 Å². The number of carbonyl (C=O) groups excluding carboxylic acids is 1. The topological polar surface area (TPSA) is 38.1 Å². The van der Waals surface area contributed by atoms with Crippen LogP contribution >= 0.6 is 0 Å². The second-order valence-corrected chi connectivity index (χ2v) is 5.28. The van der Waals surface area contributed by atoms with E-state index < -0.39 is 0 Å². The third-order valence-corrected chi connectivity index (χ3v) is 3.97. The third kappa shape index (κ3) is 2.59. The second kappa shape index (κ2) is 5.49. The summed E-state index contributed by atoms with van der Waals surface area (Å²) in [4.78, 5) is 18.5. The Morgan fingerprint density at radius 1 is 1.30 bits per heavy atom. The summed E-state index contributed by atoms with van der Waals surface area (Å²) in [5.41, 5.74) is 2.52. The van der Waals surface area contributed by atoms with Gasteiger partial charge in [-0.05, 0) is 24.5 Å². The number of aromatic nitrogens is 2. The van der Waals surface area contributed by atoms with Crippen LogP contribution in [0.2, 0.25) is 0 Å². The predicted molar refractivity (Wildman–Crippen MR) is 77.1 cm³/mol. The van der Waals surface area contributed by atoms with Crippen LogP contribution in [0.25, 0.3) is 0 Å². The Morgan fingerprint density at radius 3 is 3.00 bits per heavy atom. The van der Waals surface area contributed by atoms with Gasteiger partial charge < -0.3 is 9.47 Å². The largest absolute Gasteiger partial charge is 0.333 e. The van der Waals surface area contributed by atoms with Gasteiger partial charge in [0.25, 0.3) is 0 Å². The van der Waals surface area contributed by atoms with Crippen LogP contribution in [-0.2, 0) is 24.3 Å². The Balaban J connectivity index is 1.59. The van der Waals surface area contributed by atoms with Crippen molar-refractivity contribution < 1.29 is 4.79 Å². The fourth-order valence-electron chi connectivity index (χ4n) is 2.68. The lowest BCUT2D eigenvalue weighted by atomic mass is 10.0. The summed E-state index contributed by atoms with van der Waals surface area (Å²) < 4.78 is 2.12. The predicted octanol–water partition coefficient (Wildman–Crippen LogP) is 2.17. The number of hydrogen-bond donors (Lipinski definition) is 0. The molecule has 1 aliphatic heterocycles. The first-order valence-corrected chi connectivity index (χ1v) is 7.06. The van der Waals surface area contributed by atoms with Crippen LogP contribution in [0.4, 0.5) is 0 Å². The summed E-state index contributed by atoms with van der Waals surface area (Å²) in [6.45, 7) is 4.37. The molecule has 1 aromatic carbocycles. The zero-order chi connectivity index (χ0) is 13.9. The van der Waals surface area contributed by atoms with E-state index in [1.165, 1.54) is 11.1 Å². The summed E-state index contributed by atoms with van der Waals surface area (Å²) >= 11 is 0. The molecular weight excluding hydrogens is 250 g/mol. The van der Waals surface area contributed by atoms with Gasteiger partial charge in [-0.25, -0.2) is 4.98 Å². The molecule has 0 fully saturated rings. The summed E-state index contributed by atoms with van der Waals surface area (Å²) in [6.07, 6.45) is 5.17. The lowest BCUT2D eigenvalue weighted by Gasteiger charge is -2.27. The van der Waals surface area contributed by atoms with Gasteiger partial charge in [-0.15, -0.1) is 0 Å². The van der Waals surface area contributed by atoms with Crippen molar-refractivity contribution in [3.8, 4) is 0 Å².